The minimum absolute atomic E-state index is 1.09. The molecule has 0 fully saturated rings. The van der Waals surface area contributed by atoms with Gasteiger partial charge in [-0.05, 0) is 90.8 Å². The topological polar surface area (TPSA) is 3.24 Å². The molecule has 0 bridgehead atoms. The van der Waals surface area contributed by atoms with Crippen LogP contribution in [-0.2, 0) is 0 Å². The van der Waals surface area contributed by atoms with Crippen molar-refractivity contribution in [2.24, 2.45) is 0 Å². The van der Waals surface area contributed by atoms with Gasteiger partial charge in [0.1, 0.15) is 0 Å². The normalized spacial score (nSPS) is 11.0. The van der Waals surface area contributed by atoms with E-state index in [9.17, 15) is 0 Å². The minimum Gasteiger partial charge on any atom is -0.310 e. The second kappa shape index (κ2) is 14.3. The predicted molar refractivity (Wildman–Crippen MR) is 226 cm³/mol. The number of para-hydroxylation sites is 1. The van der Waals surface area contributed by atoms with Gasteiger partial charge in [-0.25, -0.2) is 0 Å². The van der Waals surface area contributed by atoms with E-state index in [1.54, 1.807) is 0 Å². The molecular formula is C52H37N. The highest BCUT2D eigenvalue weighted by Gasteiger charge is 2.20. The maximum absolute atomic E-state index is 2.40. The van der Waals surface area contributed by atoms with Gasteiger partial charge in [0.05, 0.1) is 5.69 Å². The van der Waals surface area contributed by atoms with Gasteiger partial charge in [0.25, 0.3) is 0 Å². The molecule has 0 saturated heterocycles. The van der Waals surface area contributed by atoms with Gasteiger partial charge < -0.3 is 4.90 Å². The van der Waals surface area contributed by atoms with Crippen LogP contribution in [0.5, 0.6) is 0 Å². The highest BCUT2D eigenvalue weighted by molar-refractivity contribution is 6.09. The number of fused-ring (bicyclic) bond motifs is 3. The van der Waals surface area contributed by atoms with Crippen LogP contribution in [-0.4, -0.2) is 0 Å². The smallest absolute Gasteiger partial charge is 0.0540 e. The second-order valence-corrected chi connectivity index (χ2v) is 13.3. The Morgan fingerprint density at radius 3 is 1.38 bits per heavy atom. The van der Waals surface area contributed by atoms with Gasteiger partial charge in [0, 0.05) is 16.9 Å². The molecule has 0 aliphatic heterocycles. The van der Waals surface area contributed by atoms with Gasteiger partial charge in [0.2, 0.25) is 0 Å². The molecular weight excluding hydrogens is 639 g/mol. The van der Waals surface area contributed by atoms with Gasteiger partial charge in [0.15, 0.2) is 0 Å². The number of benzene rings is 9. The Kier molecular flexibility index (Phi) is 8.66. The van der Waals surface area contributed by atoms with Crippen LogP contribution in [0.3, 0.4) is 0 Å². The summed E-state index contributed by atoms with van der Waals surface area (Å²) in [5, 5.41) is 4.99. The summed E-state index contributed by atoms with van der Waals surface area (Å²) in [5.41, 5.74) is 12.8. The largest absolute Gasteiger partial charge is 0.310 e. The molecule has 0 atom stereocenters. The molecule has 0 spiro atoms. The molecule has 250 valence electrons. The van der Waals surface area contributed by atoms with E-state index in [2.05, 4.69) is 229 Å². The molecule has 0 saturated carbocycles. The van der Waals surface area contributed by atoms with Gasteiger partial charge >= 0.3 is 0 Å². The van der Waals surface area contributed by atoms with Crippen molar-refractivity contribution < 1.29 is 0 Å². The Bertz CT molecular complexity index is 2640. The summed E-state index contributed by atoms with van der Waals surface area (Å²) >= 11 is 0. The number of hydrogen-bond donors (Lipinski definition) is 0. The number of nitrogens with zero attached hydrogens (tertiary/aromatic N) is 1. The Labute approximate surface area is 311 Å². The fourth-order valence-corrected chi connectivity index (χ4v) is 7.60. The third kappa shape index (κ3) is 6.30. The van der Waals surface area contributed by atoms with Gasteiger partial charge in [-0.3, -0.25) is 0 Å². The van der Waals surface area contributed by atoms with Crippen LogP contribution in [0.15, 0.2) is 224 Å². The second-order valence-electron chi connectivity index (χ2n) is 13.3. The van der Waals surface area contributed by atoms with Crippen molar-refractivity contribution in [1.82, 2.24) is 0 Å². The van der Waals surface area contributed by atoms with Crippen molar-refractivity contribution >= 4 is 49.8 Å². The summed E-state index contributed by atoms with van der Waals surface area (Å²) in [5.74, 6) is 0. The molecule has 53 heavy (non-hydrogen) atoms. The average Bonchev–Trinajstić information content (AvgIpc) is 3.24. The van der Waals surface area contributed by atoms with Gasteiger partial charge in [-0.2, -0.15) is 0 Å². The molecule has 0 aliphatic rings. The van der Waals surface area contributed by atoms with E-state index in [0.29, 0.717) is 0 Å². The lowest BCUT2D eigenvalue weighted by atomic mass is 9.86. The van der Waals surface area contributed by atoms with E-state index in [1.165, 1.54) is 60.5 Å². The third-order valence-electron chi connectivity index (χ3n) is 10.1. The van der Waals surface area contributed by atoms with E-state index in [4.69, 9.17) is 0 Å². The Morgan fingerprint density at radius 2 is 0.755 bits per heavy atom. The van der Waals surface area contributed by atoms with Gasteiger partial charge in [-0.1, -0.05) is 194 Å². The zero-order valence-corrected chi connectivity index (χ0v) is 29.3. The summed E-state index contributed by atoms with van der Waals surface area (Å²) in [6, 6.07) is 80.8. The van der Waals surface area contributed by atoms with E-state index >= 15 is 0 Å². The average molecular weight is 676 g/mol. The Morgan fingerprint density at radius 1 is 0.302 bits per heavy atom. The van der Waals surface area contributed by atoms with Gasteiger partial charge in [-0.15, -0.1) is 0 Å². The lowest BCUT2D eigenvalue weighted by Crippen LogP contribution is -2.11. The van der Waals surface area contributed by atoms with Crippen LogP contribution in [0.2, 0.25) is 0 Å². The van der Waals surface area contributed by atoms with Crippen LogP contribution < -0.4 is 4.90 Å². The summed E-state index contributed by atoms with van der Waals surface area (Å²) in [7, 11) is 0. The Hall–Kier alpha value is -6.96. The molecule has 0 aromatic heterocycles. The van der Waals surface area contributed by atoms with Crippen LogP contribution in [0, 0.1) is 0 Å². The van der Waals surface area contributed by atoms with Crippen molar-refractivity contribution in [3.63, 3.8) is 0 Å². The highest BCUT2D eigenvalue weighted by Crippen LogP contribution is 2.43. The first-order valence-corrected chi connectivity index (χ1v) is 18.2. The molecule has 0 N–H and O–H groups in total. The van der Waals surface area contributed by atoms with Crippen molar-refractivity contribution in [2.75, 3.05) is 4.90 Å². The maximum atomic E-state index is 2.40. The quantitative estimate of drug-likeness (QED) is 0.114. The van der Waals surface area contributed by atoms with Crippen LogP contribution in [0.1, 0.15) is 22.3 Å². The molecule has 0 radical (unpaired) electrons. The fraction of sp³-hybridized carbons (Fsp3) is 0. The monoisotopic (exact) mass is 675 g/mol. The fourth-order valence-electron chi connectivity index (χ4n) is 7.60. The highest BCUT2D eigenvalue weighted by atomic mass is 15.1. The molecule has 9 aromatic carbocycles. The summed E-state index contributed by atoms with van der Waals surface area (Å²) < 4.78 is 0. The number of rotatable bonds is 8. The van der Waals surface area contributed by atoms with E-state index in [1.807, 2.05) is 0 Å². The lowest BCUT2D eigenvalue weighted by Gasteiger charge is -2.28. The first kappa shape index (κ1) is 32.0. The molecule has 0 aliphatic carbocycles. The van der Waals surface area contributed by atoms with Crippen LogP contribution >= 0.6 is 0 Å². The van der Waals surface area contributed by atoms with Crippen molar-refractivity contribution in [1.29, 1.82) is 0 Å². The molecule has 0 heterocycles. The standard InChI is InChI=1S/C52H37N/c1-5-17-38(18-6-1)49-27-15-16-28-50(49)53(46-35-36-48-44(37-46)30-29-39-19-13-14-26-47(39)48)45-33-31-43(32-34-45)52(42-24-11-4-12-25-42)51(40-20-7-2-8-21-40)41-22-9-3-10-23-41/h1-37H. The first-order chi connectivity index (χ1) is 26.3. The lowest BCUT2D eigenvalue weighted by molar-refractivity contribution is 1.29. The predicted octanol–water partition coefficient (Wildman–Crippen LogP) is 14.1. The van der Waals surface area contributed by atoms with Crippen molar-refractivity contribution in [2.45, 2.75) is 0 Å². The molecule has 1 heteroatoms. The van der Waals surface area contributed by atoms with E-state index < -0.39 is 0 Å². The minimum atomic E-state index is 1.09. The molecule has 0 amide bonds. The van der Waals surface area contributed by atoms with Crippen molar-refractivity contribution in [3.05, 3.63) is 247 Å². The van der Waals surface area contributed by atoms with E-state index in [0.717, 1.165) is 22.6 Å². The van der Waals surface area contributed by atoms with Crippen molar-refractivity contribution in [3.8, 4) is 11.1 Å². The molecule has 9 rings (SSSR count). The van der Waals surface area contributed by atoms with Crippen LogP contribution in [0.25, 0.3) is 43.8 Å². The summed E-state index contributed by atoms with van der Waals surface area (Å²) in [6.45, 7) is 0. The van der Waals surface area contributed by atoms with Crippen LogP contribution in [0.4, 0.5) is 17.1 Å². The molecule has 0 unspecified atom stereocenters. The van der Waals surface area contributed by atoms with E-state index in [-0.39, 0.29) is 0 Å². The Balaban J connectivity index is 1.25. The first-order valence-electron chi connectivity index (χ1n) is 18.2. The molecule has 9 aromatic rings. The number of anilines is 3. The zero-order valence-electron chi connectivity index (χ0n) is 29.3. The summed E-state index contributed by atoms with van der Waals surface area (Å²) in [6.07, 6.45) is 0. The SMILES string of the molecule is c1ccc(C(=C(c2ccccc2)c2ccc(N(c3ccc4c(ccc5ccccc54)c3)c3ccccc3-c3ccccc3)cc2)c2ccccc2)cc1. The maximum Gasteiger partial charge on any atom is 0.0540 e. The molecule has 1 nitrogen and oxygen atoms in total. The third-order valence-corrected chi connectivity index (χ3v) is 10.1. The zero-order chi connectivity index (χ0) is 35.4. The summed E-state index contributed by atoms with van der Waals surface area (Å²) in [4.78, 5) is 2.40. The number of hydrogen-bond acceptors (Lipinski definition) is 1.